The number of rotatable bonds is 4. The Bertz CT molecular complexity index is 1170. The molecule has 0 atom stereocenters. The van der Waals surface area contributed by atoms with Gasteiger partial charge in [-0.1, -0.05) is 89.1 Å². The standard InChI is InChI=1S/C30H38O3/c1-18-12-21(27(32)24(14-18)29(3,4)5)16-20-10-9-11-26(31)23(20)17-22-13-19(2)15-25(28(22)33)30(6,7)8/h9-15,31-33H,16-17H2,1-8H3. The lowest BCUT2D eigenvalue weighted by atomic mass is 9.82. The molecule has 3 heteroatoms. The van der Waals surface area contributed by atoms with Gasteiger partial charge in [0.15, 0.2) is 0 Å². The van der Waals surface area contributed by atoms with Crippen molar-refractivity contribution in [2.75, 3.05) is 0 Å². The highest BCUT2D eigenvalue weighted by atomic mass is 16.3. The molecule has 0 aliphatic heterocycles. The fourth-order valence-electron chi connectivity index (χ4n) is 4.51. The first-order chi connectivity index (χ1) is 15.2. The molecular weight excluding hydrogens is 408 g/mol. The number of benzene rings is 3. The number of aromatic hydroxyl groups is 3. The zero-order valence-electron chi connectivity index (χ0n) is 21.3. The highest BCUT2D eigenvalue weighted by molar-refractivity contribution is 5.54. The van der Waals surface area contributed by atoms with Gasteiger partial charge in [-0.25, -0.2) is 0 Å². The van der Waals surface area contributed by atoms with Crippen LogP contribution in [-0.2, 0) is 23.7 Å². The minimum absolute atomic E-state index is 0.177. The van der Waals surface area contributed by atoms with Crippen LogP contribution in [0.25, 0.3) is 0 Å². The summed E-state index contributed by atoms with van der Waals surface area (Å²) in [5.41, 5.74) is 6.99. The molecule has 3 aromatic carbocycles. The van der Waals surface area contributed by atoms with Gasteiger partial charge in [0.1, 0.15) is 17.2 Å². The highest BCUT2D eigenvalue weighted by Gasteiger charge is 2.24. The predicted molar refractivity (Wildman–Crippen MR) is 137 cm³/mol. The molecule has 0 saturated heterocycles. The topological polar surface area (TPSA) is 60.7 Å². The molecule has 0 unspecified atom stereocenters. The molecule has 3 aromatic rings. The van der Waals surface area contributed by atoms with E-state index >= 15 is 0 Å². The van der Waals surface area contributed by atoms with E-state index in [9.17, 15) is 15.3 Å². The molecule has 0 aliphatic carbocycles. The number of phenols is 3. The average molecular weight is 447 g/mol. The van der Waals surface area contributed by atoms with Crippen LogP contribution >= 0.6 is 0 Å². The van der Waals surface area contributed by atoms with Crippen molar-refractivity contribution >= 4 is 0 Å². The van der Waals surface area contributed by atoms with E-state index in [1.807, 2.05) is 50.2 Å². The second-order valence-electron chi connectivity index (χ2n) is 11.4. The van der Waals surface area contributed by atoms with Crippen molar-refractivity contribution in [2.24, 2.45) is 0 Å². The van der Waals surface area contributed by atoms with Crippen LogP contribution in [0.1, 0.15) is 86.1 Å². The smallest absolute Gasteiger partial charge is 0.122 e. The van der Waals surface area contributed by atoms with Gasteiger partial charge in [0.2, 0.25) is 0 Å². The van der Waals surface area contributed by atoms with E-state index in [-0.39, 0.29) is 22.3 Å². The second kappa shape index (κ2) is 8.78. The maximum absolute atomic E-state index is 11.1. The summed E-state index contributed by atoms with van der Waals surface area (Å²) in [5.74, 6) is 0.806. The zero-order valence-corrected chi connectivity index (χ0v) is 21.3. The van der Waals surface area contributed by atoms with E-state index in [4.69, 9.17) is 0 Å². The van der Waals surface area contributed by atoms with Crippen LogP contribution in [0, 0.1) is 13.8 Å². The van der Waals surface area contributed by atoms with Crippen LogP contribution in [0.2, 0.25) is 0 Å². The molecule has 0 aromatic heterocycles. The Morgan fingerprint density at radius 2 is 1.06 bits per heavy atom. The van der Waals surface area contributed by atoms with E-state index in [1.54, 1.807) is 6.07 Å². The average Bonchev–Trinajstić information content (AvgIpc) is 2.67. The summed E-state index contributed by atoms with van der Waals surface area (Å²) in [5, 5.41) is 32.9. The molecule has 0 saturated carbocycles. The largest absolute Gasteiger partial charge is 0.508 e. The van der Waals surface area contributed by atoms with Gasteiger partial charge in [0.05, 0.1) is 0 Å². The molecule has 0 bridgehead atoms. The summed E-state index contributed by atoms with van der Waals surface area (Å²) in [6.07, 6.45) is 0.913. The summed E-state index contributed by atoms with van der Waals surface area (Å²) < 4.78 is 0. The number of hydrogen-bond acceptors (Lipinski definition) is 3. The van der Waals surface area contributed by atoms with Crippen LogP contribution in [0.15, 0.2) is 42.5 Å². The third kappa shape index (κ3) is 5.35. The molecule has 0 spiro atoms. The summed E-state index contributed by atoms with van der Waals surface area (Å²) in [6, 6.07) is 13.6. The van der Waals surface area contributed by atoms with Gasteiger partial charge in [0.25, 0.3) is 0 Å². The molecule has 0 amide bonds. The normalized spacial score (nSPS) is 12.2. The molecule has 0 radical (unpaired) electrons. The van der Waals surface area contributed by atoms with Gasteiger partial charge >= 0.3 is 0 Å². The monoisotopic (exact) mass is 446 g/mol. The number of aryl methyl sites for hydroxylation is 2. The minimum Gasteiger partial charge on any atom is -0.508 e. The lowest BCUT2D eigenvalue weighted by Gasteiger charge is -2.24. The maximum atomic E-state index is 11.1. The van der Waals surface area contributed by atoms with E-state index in [0.29, 0.717) is 18.6 Å². The van der Waals surface area contributed by atoms with Gasteiger partial charge in [-0.15, -0.1) is 0 Å². The summed E-state index contributed by atoms with van der Waals surface area (Å²) >= 11 is 0. The molecule has 33 heavy (non-hydrogen) atoms. The first-order valence-electron chi connectivity index (χ1n) is 11.6. The lowest BCUT2D eigenvalue weighted by Crippen LogP contribution is -2.13. The first kappa shape index (κ1) is 24.7. The van der Waals surface area contributed by atoms with Crippen molar-refractivity contribution in [1.82, 2.24) is 0 Å². The van der Waals surface area contributed by atoms with E-state index in [1.165, 1.54) is 0 Å². The van der Waals surface area contributed by atoms with E-state index < -0.39 is 0 Å². The Morgan fingerprint density at radius 3 is 1.52 bits per heavy atom. The summed E-state index contributed by atoms with van der Waals surface area (Å²) in [7, 11) is 0. The van der Waals surface area contributed by atoms with Crippen LogP contribution in [-0.4, -0.2) is 15.3 Å². The third-order valence-corrected chi connectivity index (χ3v) is 6.28. The SMILES string of the molecule is Cc1cc(Cc2cccc(O)c2Cc2cc(C)cc(C(C)(C)C)c2O)c(O)c(C(C)(C)C)c1. The van der Waals surface area contributed by atoms with Crippen molar-refractivity contribution < 1.29 is 15.3 Å². The van der Waals surface area contributed by atoms with E-state index in [2.05, 4.69) is 41.5 Å². The van der Waals surface area contributed by atoms with Crippen molar-refractivity contribution in [2.45, 2.75) is 79.1 Å². The quantitative estimate of drug-likeness (QED) is 0.397. The molecule has 3 rings (SSSR count). The van der Waals surface area contributed by atoms with Gasteiger partial charge in [-0.3, -0.25) is 0 Å². The Labute approximate surface area is 198 Å². The minimum atomic E-state index is -0.191. The molecule has 3 N–H and O–H groups in total. The molecular formula is C30H38O3. The number of hydrogen-bond donors (Lipinski definition) is 3. The van der Waals surface area contributed by atoms with Gasteiger partial charge in [-0.2, -0.15) is 0 Å². The number of phenolic OH excluding ortho intramolecular Hbond substituents is 3. The fourth-order valence-corrected chi connectivity index (χ4v) is 4.51. The molecule has 176 valence electrons. The predicted octanol–water partition coefficient (Wildman–Crippen LogP) is 7.20. The molecule has 0 heterocycles. The van der Waals surface area contributed by atoms with Crippen molar-refractivity contribution in [3.63, 3.8) is 0 Å². The van der Waals surface area contributed by atoms with E-state index in [0.717, 1.165) is 44.5 Å². The fraction of sp³-hybridized carbons (Fsp3) is 0.400. The molecule has 3 nitrogen and oxygen atoms in total. The van der Waals surface area contributed by atoms with Crippen LogP contribution < -0.4 is 0 Å². The Balaban J connectivity index is 2.09. The lowest BCUT2D eigenvalue weighted by molar-refractivity contribution is 0.438. The van der Waals surface area contributed by atoms with Gasteiger partial charge in [-0.05, 0) is 58.6 Å². The second-order valence-corrected chi connectivity index (χ2v) is 11.4. The van der Waals surface area contributed by atoms with Gasteiger partial charge in [0, 0.05) is 18.4 Å². The summed E-state index contributed by atoms with van der Waals surface area (Å²) in [4.78, 5) is 0. The first-order valence-corrected chi connectivity index (χ1v) is 11.6. The van der Waals surface area contributed by atoms with Crippen molar-refractivity contribution in [1.29, 1.82) is 0 Å². The molecule has 0 aliphatic rings. The third-order valence-electron chi connectivity index (χ3n) is 6.28. The Morgan fingerprint density at radius 1 is 0.606 bits per heavy atom. The van der Waals surface area contributed by atoms with Crippen molar-refractivity contribution in [3.05, 3.63) is 87.0 Å². The van der Waals surface area contributed by atoms with Crippen LogP contribution in [0.5, 0.6) is 17.2 Å². The Hall–Kier alpha value is -2.94. The van der Waals surface area contributed by atoms with Crippen LogP contribution in [0.3, 0.4) is 0 Å². The molecule has 0 fully saturated rings. The van der Waals surface area contributed by atoms with Gasteiger partial charge < -0.3 is 15.3 Å². The maximum Gasteiger partial charge on any atom is 0.122 e. The highest BCUT2D eigenvalue weighted by Crippen LogP contribution is 2.39. The summed E-state index contributed by atoms with van der Waals surface area (Å²) in [6.45, 7) is 16.6. The zero-order chi connectivity index (χ0) is 24.7. The van der Waals surface area contributed by atoms with Crippen LogP contribution in [0.4, 0.5) is 0 Å². The Kier molecular flexibility index (Phi) is 6.57. The van der Waals surface area contributed by atoms with Crippen molar-refractivity contribution in [3.8, 4) is 17.2 Å².